The van der Waals surface area contributed by atoms with Crippen molar-refractivity contribution < 1.29 is 9.59 Å². The minimum Gasteiger partial charge on any atom is -0.330 e. The first kappa shape index (κ1) is 23.1. The molecule has 4 nitrogen and oxygen atoms in total. The topological polar surface area (TPSA) is 40.6 Å². The Kier molecular flexibility index (Phi) is 6.51. The number of carbonyl (C=O) groups is 2. The molecule has 0 saturated heterocycles. The van der Waals surface area contributed by atoms with Crippen LogP contribution in [-0.2, 0) is 11.2 Å². The molecule has 0 bridgehead atoms. The van der Waals surface area contributed by atoms with Gasteiger partial charge in [0.1, 0.15) is 6.54 Å². The Morgan fingerprint density at radius 2 is 1.80 bits per heavy atom. The van der Waals surface area contributed by atoms with Crippen LogP contribution < -0.4 is 0 Å². The van der Waals surface area contributed by atoms with E-state index in [1.165, 1.54) is 10.4 Å². The van der Waals surface area contributed by atoms with Crippen molar-refractivity contribution in [2.24, 2.45) is 0 Å². The number of aryl methyl sites for hydroxylation is 1. The van der Waals surface area contributed by atoms with Crippen LogP contribution in [0.1, 0.15) is 38.0 Å². The lowest BCUT2D eigenvalue weighted by molar-refractivity contribution is -0.133. The Bertz CT molecular complexity index is 1410. The number of nitrogens with zero attached hydrogens (tertiary/aromatic N) is 2. The van der Waals surface area contributed by atoms with Gasteiger partial charge in [-0.3, -0.25) is 9.59 Å². The normalized spacial score (nSPS) is 15.0. The Balaban J connectivity index is 1.44. The fraction of sp³-hybridized carbons (Fsp3) is 0.200. The molecule has 0 N–H and O–H groups in total. The van der Waals surface area contributed by atoms with Gasteiger partial charge in [-0.2, -0.15) is 0 Å². The molecule has 3 aromatic carbocycles. The summed E-state index contributed by atoms with van der Waals surface area (Å²) in [6, 6.07) is 23.9. The number of benzene rings is 3. The largest absolute Gasteiger partial charge is 0.330 e. The van der Waals surface area contributed by atoms with Gasteiger partial charge in [0.05, 0.1) is 6.04 Å². The highest BCUT2D eigenvalue weighted by atomic mass is 32.1. The van der Waals surface area contributed by atoms with Crippen molar-refractivity contribution >= 4 is 33.9 Å². The number of hydrogen-bond acceptors (Lipinski definition) is 3. The van der Waals surface area contributed by atoms with Crippen molar-refractivity contribution in [1.29, 1.82) is 0 Å². The highest BCUT2D eigenvalue weighted by Gasteiger charge is 2.34. The second-order valence-electron chi connectivity index (χ2n) is 8.93. The van der Waals surface area contributed by atoms with E-state index in [4.69, 9.17) is 0 Å². The molecule has 35 heavy (non-hydrogen) atoms. The van der Waals surface area contributed by atoms with E-state index in [9.17, 15) is 9.59 Å². The number of carbonyl (C=O) groups excluding carboxylic acids is 2. The van der Waals surface area contributed by atoms with E-state index < -0.39 is 0 Å². The highest BCUT2D eigenvalue weighted by Crippen LogP contribution is 2.39. The summed E-state index contributed by atoms with van der Waals surface area (Å²) in [6.07, 6.45) is 2.51. The van der Waals surface area contributed by atoms with Gasteiger partial charge in [0.25, 0.3) is 5.91 Å². The summed E-state index contributed by atoms with van der Waals surface area (Å²) in [7, 11) is 0. The quantitative estimate of drug-likeness (QED) is 0.317. The number of hydrogen-bond donors (Lipinski definition) is 0. The maximum atomic E-state index is 13.8. The van der Waals surface area contributed by atoms with Crippen LogP contribution in [0.25, 0.3) is 10.8 Å². The van der Waals surface area contributed by atoms with Crippen LogP contribution in [0.5, 0.6) is 0 Å². The van der Waals surface area contributed by atoms with Crippen molar-refractivity contribution in [3.63, 3.8) is 0 Å². The molecular formula is C30H28N2O2S. The molecule has 5 heteroatoms. The van der Waals surface area contributed by atoms with Gasteiger partial charge in [-0.15, -0.1) is 17.9 Å². The van der Waals surface area contributed by atoms with Crippen LogP contribution in [0.2, 0.25) is 0 Å². The fourth-order valence-electron chi connectivity index (χ4n) is 4.95. The van der Waals surface area contributed by atoms with E-state index in [-0.39, 0.29) is 24.4 Å². The Hall–Kier alpha value is -3.70. The van der Waals surface area contributed by atoms with E-state index in [0.717, 1.165) is 28.3 Å². The van der Waals surface area contributed by atoms with Crippen LogP contribution in [0.4, 0.5) is 0 Å². The molecular weight excluding hydrogens is 452 g/mol. The molecule has 176 valence electrons. The van der Waals surface area contributed by atoms with Gasteiger partial charge >= 0.3 is 0 Å². The van der Waals surface area contributed by atoms with E-state index >= 15 is 0 Å². The van der Waals surface area contributed by atoms with Crippen molar-refractivity contribution in [2.75, 3.05) is 19.6 Å². The summed E-state index contributed by atoms with van der Waals surface area (Å²) in [6.45, 7) is 6.87. The summed E-state index contributed by atoms with van der Waals surface area (Å²) < 4.78 is 0. The molecule has 2 amide bonds. The van der Waals surface area contributed by atoms with Crippen molar-refractivity contribution in [2.45, 2.75) is 19.4 Å². The van der Waals surface area contributed by atoms with Gasteiger partial charge in [0, 0.05) is 23.5 Å². The second kappa shape index (κ2) is 9.88. The summed E-state index contributed by atoms with van der Waals surface area (Å²) in [5, 5.41) is 4.19. The fourth-order valence-corrected chi connectivity index (χ4v) is 5.85. The van der Waals surface area contributed by atoms with Crippen LogP contribution >= 0.6 is 11.3 Å². The van der Waals surface area contributed by atoms with Gasteiger partial charge in [-0.1, -0.05) is 60.7 Å². The molecule has 1 unspecified atom stereocenters. The summed E-state index contributed by atoms with van der Waals surface area (Å²) >= 11 is 1.75. The summed E-state index contributed by atoms with van der Waals surface area (Å²) in [5.41, 5.74) is 4.06. The molecule has 1 aromatic heterocycles. The zero-order valence-electron chi connectivity index (χ0n) is 19.8. The van der Waals surface area contributed by atoms with Gasteiger partial charge in [-0.25, -0.2) is 0 Å². The Labute approximate surface area is 210 Å². The molecule has 5 rings (SSSR count). The standard InChI is InChI=1S/C30H28N2O2S/c1-3-16-31(30(34)24-13-12-22-9-5-6-10-23(22)19-24)20-28(33)32-17-14-27-26(15-18-35-27)29(32)25-11-7-4-8-21(25)2/h3-13,15,18-19,29H,1,14,16-17,20H2,2H3. The third-order valence-electron chi connectivity index (χ3n) is 6.73. The van der Waals surface area contributed by atoms with Gasteiger partial charge in [-0.05, 0) is 64.4 Å². The third-order valence-corrected chi connectivity index (χ3v) is 7.73. The Morgan fingerprint density at radius 3 is 2.60 bits per heavy atom. The van der Waals surface area contributed by atoms with Crippen LogP contribution in [-0.4, -0.2) is 41.2 Å². The maximum absolute atomic E-state index is 13.8. The van der Waals surface area contributed by atoms with E-state index in [0.29, 0.717) is 18.7 Å². The molecule has 4 aromatic rings. The van der Waals surface area contributed by atoms with E-state index in [1.807, 2.05) is 59.5 Å². The lowest BCUT2D eigenvalue weighted by Crippen LogP contribution is -2.47. The predicted molar refractivity (Wildman–Crippen MR) is 143 cm³/mol. The molecule has 0 spiro atoms. The zero-order chi connectivity index (χ0) is 24.4. The monoisotopic (exact) mass is 480 g/mol. The Morgan fingerprint density at radius 1 is 1.03 bits per heavy atom. The molecule has 0 aliphatic carbocycles. The molecule has 0 saturated carbocycles. The first-order valence-electron chi connectivity index (χ1n) is 11.9. The van der Waals surface area contributed by atoms with Gasteiger partial charge in [0.15, 0.2) is 0 Å². The second-order valence-corrected chi connectivity index (χ2v) is 9.93. The van der Waals surface area contributed by atoms with Crippen molar-refractivity contribution in [3.05, 3.63) is 118 Å². The summed E-state index contributed by atoms with van der Waals surface area (Å²) in [4.78, 5) is 32.1. The lowest BCUT2D eigenvalue weighted by Gasteiger charge is -2.38. The number of amides is 2. The van der Waals surface area contributed by atoms with Crippen LogP contribution in [0, 0.1) is 6.92 Å². The van der Waals surface area contributed by atoms with E-state index in [1.54, 1.807) is 22.3 Å². The molecule has 2 heterocycles. The first-order chi connectivity index (χ1) is 17.1. The van der Waals surface area contributed by atoms with Gasteiger partial charge in [0.2, 0.25) is 5.91 Å². The number of rotatable bonds is 6. The van der Waals surface area contributed by atoms with Crippen LogP contribution in [0.3, 0.4) is 0 Å². The molecule has 1 atom stereocenters. The minimum absolute atomic E-state index is 0.0134. The summed E-state index contributed by atoms with van der Waals surface area (Å²) in [5.74, 6) is -0.212. The zero-order valence-corrected chi connectivity index (χ0v) is 20.6. The number of fused-ring (bicyclic) bond motifs is 2. The lowest BCUT2D eigenvalue weighted by atomic mass is 9.90. The minimum atomic E-state index is -0.162. The van der Waals surface area contributed by atoms with Crippen LogP contribution in [0.15, 0.2) is 90.8 Å². The molecule has 0 fully saturated rings. The van der Waals surface area contributed by atoms with Gasteiger partial charge < -0.3 is 9.80 Å². The highest BCUT2D eigenvalue weighted by molar-refractivity contribution is 7.10. The molecule has 0 radical (unpaired) electrons. The molecule has 1 aliphatic rings. The van der Waals surface area contributed by atoms with Crippen molar-refractivity contribution in [1.82, 2.24) is 9.80 Å². The van der Waals surface area contributed by atoms with E-state index in [2.05, 4.69) is 37.1 Å². The smallest absolute Gasteiger partial charge is 0.254 e. The predicted octanol–water partition coefficient (Wildman–Crippen LogP) is 6.01. The average Bonchev–Trinajstić information content (AvgIpc) is 3.36. The maximum Gasteiger partial charge on any atom is 0.254 e. The third kappa shape index (κ3) is 4.52. The number of thiophene rings is 1. The first-order valence-corrected chi connectivity index (χ1v) is 12.7. The molecule has 1 aliphatic heterocycles. The average molecular weight is 481 g/mol. The SMILES string of the molecule is C=CCN(CC(=O)N1CCc2sccc2C1c1ccccc1C)C(=O)c1ccc2ccccc2c1. The van der Waals surface area contributed by atoms with Crippen molar-refractivity contribution in [3.8, 4) is 0 Å².